The van der Waals surface area contributed by atoms with Crippen LogP contribution in [0.2, 0.25) is 0 Å². The lowest BCUT2D eigenvalue weighted by atomic mass is 10.1. The Labute approximate surface area is 198 Å². The standard InChI is InChI=1S/C25H21F3N4O3/c1-15-11-16(2)32(24(35)20(15)12-29)14-22(33)31-19-9-7-17(8-10-19)23(34)30-13-18-5-3-4-6-21(18)25(26,27)28/h3-11H,13-14H2,1-2H3,(H,30,34)(H,31,33). The van der Waals surface area contributed by atoms with E-state index in [-0.39, 0.29) is 29.8 Å². The Morgan fingerprint density at radius 1 is 1.06 bits per heavy atom. The van der Waals surface area contributed by atoms with Gasteiger partial charge in [0.1, 0.15) is 18.2 Å². The monoisotopic (exact) mass is 482 g/mol. The van der Waals surface area contributed by atoms with Crippen molar-refractivity contribution in [1.29, 1.82) is 5.26 Å². The van der Waals surface area contributed by atoms with Gasteiger partial charge < -0.3 is 15.2 Å². The molecule has 0 unspecified atom stereocenters. The molecule has 3 rings (SSSR count). The van der Waals surface area contributed by atoms with E-state index in [9.17, 15) is 27.6 Å². The molecule has 0 radical (unpaired) electrons. The predicted molar refractivity (Wildman–Crippen MR) is 123 cm³/mol. The van der Waals surface area contributed by atoms with Crippen molar-refractivity contribution in [2.75, 3.05) is 5.32 Å². The first kappa shape index (κ1) is 25.2. The van der Waals surface area contributed by atoms with Crippen LogP contribution in [0.4, 0.5) is 18.9 Å². The van der Waals surface area contributed by atoms with Crippen LogP contribution in [0.25, 0.3) is 0 Å². The number of nitriles is 1. The summed E-state index contributed by atoms with van der Waals surface area (Å²) in [5.41, 5.74) is 0.143. The van der Waals surface area contributed by atoms with Gasteiger partial charge in [0.25, 0.3) is 11.5 Å². The molecule has 0 atom stereocenters. The van der Waals surface area contributed by atoms with Gasteiger partial charge in [-0.1, -0.05) is 18.2 Å². The average Bonchev–Trinajstić information content (AvgIpc) is 2.80. The molecule has 1 heterocycles. The number of nitrogens with zero attached hydrogens (tertiary/aromatic N) is 2. The molecule has 0 bridgehead atoms. The predicted octanol–water partition coefficient (Wildman–Crippen LogP) is 3.92. The molecule has 3 aromatic rings. The minimum Gasteiger partial charge on any atom is -0.348 e. The number of anilines is 1. The van der Waals surface area contributed by atoms with E-state index in [0.29, 0.717) is 16.9 Å². The molecule has 180 valence electrons. The van der Waals surface area contributed by atoms with Crippen molar-refractivity contribution < 1.29 is 22.8 Å². The normalized spacial score (nSPS) is 11.0. The van der Waals surface area contributed by atoms with Gasteiger partial charge in [-0.25, -0.2) is 0 Å². The van der Waals surface area contributed by atoms with Gasteiger partial charge in [-0.15, -0.1) is 0 Å². The zero-order chi connectivity index (χ0) is 25.8. The smallest absolute Gasteiger partial charge is 0.348 e. The Balaban J connectivity index is 1.64. The lowest BCUT2D eigenvalue weighted by Crippen LogP contribution is -2.31. The average molecular weight is 482 g/mol. The maximum absolute atomic E-state index is 13.1. The fourth-order valence-electron chi connectivity index (χ4n) is 3.54. The minimum absolute atomic E-state index is 0.0309. The minimum atomic E-state index is -4.53. The van der Waals surface area contributed by atoms with Crippen molar-refractivity contribution in [2.24, 2.45) is 0 Å². The third-order valence-electron chi connectivity index (χ3n) is 5.31. The summed E-state index contributed by atoms with van der Waals surface area (Å²) in [4.78, 5) is 37.3. The summed E-state index contributed by atoms with van der Waals surface area (Å²) in [6.45, 7) is 2.69. The first-order valence-electron chi connectivity index (χ1n) is 10.5. The van der Waals surface area contributed by atoms with E-state index < -0.39 is 29.1 Å². The topological polar surface area (TPSA) is 104 Å². The number of rotatable bonds is 6. The number of nitrogens with one attached hydrogen (secondary N) is 2. The fraction of sp³-hybridized carbons (Fsp3) is 0.200. The van der Waals surface area contributed by atoms with Crippen LogP contribution < -0.4 is 16.2 Å². The summed E-state index contributed by atoms with van der Waals surface area (Å²) in [5.74, 6) is -1.09. The number of hydrogen-bond donors (Lipinski definition) is 2. The molecule has 1 aromatic heterocycles. The molecule has 0 aliphatic rings. The largest absolute Gasteiger partial charge is 0.416 e. The number of benzene rings is 2. The molecule has 0 aliphatic carbocycles. The highest BCUT2D eigenvalue weighted by Crippen LogP contribution is 2.31. The van der Waals surface area contributed by atoms with Crippen molar-refractivity contribution in [3.8, 4) is 6.07 Å². The molecule has 2 N–H and O–H groups in total. The maximum Gasteiger partial charge on any atom is 0.416 e. The lowest BCUT2D eigenvalue weighted by molar-refractivity contribution is -0.138. The number of carbonyl (C=O) groups is 2. The third kappa shape index (κ3) is 5.95. The van der Waals surface area contributed by atoms with Gasteiger partial charge in [0, 0.05) is 23.5 Å². The number of hydrogen-bond acceptors (Lipinski definition) is 4. The lowest BCUT2D eigenvalue weighted by Gasteiger charge is -2.14. The van der Waals surface area contributed by atoms with E-state index in [4.69, 9.17) is 5.26 Å². The first-order chi connectivity index (χ1) is 16.5. The Morgan fingerprint density at radius 2 is 1.71 bits per heavy atom. The zero-order valence-corrected chi connectivity index (χ0v) is 18.9. The Morgan fingerprint density at radius 3 is 2.34 bits per heavy atom. The Bertz CT molecular complexity index is 1370. The summed E-state index contributed by atoms with van der Waals surface area (Å²) < 4.78 is 40.5. The molecule has 2 aromatic carbocycles. The Kier molecular flexibility index (Phi) is 7.40. The molecule has 0 fully saturated rings. The molecule has 0 saturated carbocycles. The second-order valence-electron chi connectivity index (χ2n) is 7.81. The zero-order valence-electron chi connectivity index (χ0n) is 18.9. The number of pyridine rings is 1. The number of amides is 2. The fourth-order valence-corrected chi connectivity index (χ4v) is 3.54. The number of halogens is 3. The van der Waals surface area contributed by atoms with Gasteiger partial charge in [-0.2, -0.15) is 18.4 Å². The molecule has 2 amide bonds. The van der Waals surface area contributed by atoms with Crippen LogP contribution in [0.3, 0.4) is 0 Å². The SMILES string of the molecule is Cc1cc(C)n(CC(=O)Nc2ccc(C(=O)NCc3ccccc3C(F)(F)F)cc2)c(=O)c1C#N. The van der Waals surface area contributed by atoms with Gasteiger partial charge in [0.05, 0.1) is 5.56 Å². The van der Waals surface area contributed by atoms with Gasteiger partial charge in [-0.05, 0) is 61.4 Å². The van der Waals surface area contributed by atoms with Crippen LogP contribution >= 0.6 is 0 Å². The number of carbonyl (C=O) groups excluding carboxylic acids is 2. The quantitative estimate of drug-likeness (QED) is 0.556. The second-order valence-corrected chi connectivity index (χ2v) is 7.81. The van der Waals surface area contributed by atoms with Crippen LogP contribution in [0.5, 0.6) is 0 Å². The summed E-state index contributed by atoms with van der Waals surface area (Å²) in [6, 6.07) is 14.2. The highest BCUT2D eigenvalue weighted by molar-refractivity contribution is 5.95. The van der Waals surface area contributed by atoms with E-state index >= 15 is 0 Å². The van der Waals surface area contributed by atoms with E-state index in [1.54, 1.807) is 19.9 Å². The van der Waals surface area contributed by atoms with Crippen molar-refractivity contribution >= 4 is 17.5 Å². The van der Waals surface area contributed by atoms with Gasteiger partial charge in [0.2, 0.25) is 5.91 Å². The number of aryl methyl sites for hydroxylation is 2. The van der Waals surface area contributed by atoms with Crippen molar-refractivity contribution in [3.05, 3.63) is 98.5 Å². The van der Waals surface area contributed by atoms with Gasteiger partial charge >= 0.3 is 6.18 Å². The molecule has 7 nitrogen and oxygen atoms in total. The first-order valence-corrected chi connectivity index (χ1v) is 10.5. The van der Waals surface area contributed by atoms with E-state index in [0.717, 1.165) is 6.07 Å². The second kappa shape index (κ2) is 10.3. The number of alkyl halides is 3. The number of aromatic nitrogens is 1. The van der Waals surface area contributed by atoms with E-state index in [1.165, 1.54) is 47.0 Å². The summed E-state index contributed by atoms with van der Waals surface area (Å²) >= 11 is 0. The van der Waals surface area contributed by atoms with Gasteiger partial charge in [-0.3, -0.25) is 14.4 Å². The van der Waals surface area contributed by atoms with Crippen LogP contribution in [0, 0.1) is 25.2 Å². The molecular weight excluding hydrogens is 461 g/mol. The van der Waals surface area contributed by atoms with Crippen LogP contribution in [0.15, 0.2) is 59.4 Å². The van der Waals surface area contributed by atoms with Crippen LogP contribution in [0.1, 0.15) is 38.3 Å². The van der Waals surface area contributed by atoms with E-state index in [1.807, 2.05) is 6.07 Å². The van der Waals surface area contributed by atoms with Crippen LogP contribution in [-0.2, 0) is 24.1 Å². The maximum atomic E-state index is 13.1. The summed E-state index contributed by atoms with van der Waals surface area (Å²) in [6.07, 6.45) is -4.53. The molecule has 0 spiro atoms. The third-order valence-corrected chi connectivity index (χ3v) is 5.31. The highest BCUT2D eigenvalue weighted by Gasteiger charge is 2.32. The van der Waals surface area contributed by atoms with Crippen molar-refractivity contribution in [3.63, 3.8) is 0 Å². The van der Waals surface area contributed by atoms with Gasteiger partial charge in [0.15, 0.2) is 0 Å². The summed E-state index contributed by atoms with van der Waals surface area (Å²) in [5, 5.41) is 14.2. The van der Waals surface area contributed by atoms with Crippen LogP contribution in [-0.4, -0.2) is 16.4 Å². The Hall–Kier alpha value is -4.39. The van der Waals surface area contributed by atoms with E-state index in [2.05, 4.69) is 10.6 Å². The molecule has 0 saturated heterocycles. The molecular formula is C25H21F3N4O3. The highest BCUT2D eigenvalue weighted by atomic mass is 19.4. The van der Waals surface area contributed by atoms with Crippen molar-refractivity contribution in [1.82, 2.24) is 9.88 Å². The summed E-state index contributed by atoms with van der Waals surface area (Å²) in [7, 11) is 0. The molecule has 0 aliphatic heterocycles. The molecule has 10 heteroatoms. The van der Waals surface area contributed by atoms with Crippen molar-refractivity contribution in [2.45, 2.75) is 33.1 Å². The molecule has 35 heavy (non-hydrogen) atoms.